The summed E-state index contributed by atoms with van der Waals surface area (Å²) in [7, 11) is 0. The highest BCUT2D eigenvalue weighted by molar-refractivity contribution is 5.94. The maximum absolute atomic E-state index is 13.3. The number of alkyl halides is 2. The molecule has 0 radical (unpaired) electrons. The molecule has 1 unspecified atom stereocenters. The molecule has 1 aliphatic rings. The number of hydrogen-bond donors (Lipinski definition) is 2. The van der Waals surface area contributed by atoms with Crippen LogP contribution in [0, 0.1) is 5.82 Å². The van der Waals surface area contributed by atoms with Crippen LogP contribution in [0.5, 0.6) is 0 Å². The van der Waals surface area contributed by atoms with Crippen molar-refractivity contribution >= 4 is 5.91 Å². The molecule has 1 fully saturated rings. The van der Waals surface area contributed by atoms with E-state index in [-0.39, 0.29) is 30.3 Å². The Kier molecular flexibility index (Phi) is 5.79. The zero-order chi connectivity index (χ0) is 16.1. The van der Waals surface area contributed by atoms with Gasteiger partial charge < -0.3 is 10.4 Å². The van der Waals surface area contributed by atoms with Gasteiger partial charge in [-0.3, -0.25) is 9.69 Å². The molecule has 0 bridgehead atoms. The highest BCUT2D eigenvalue weighted by Gasteiger charge is 2.27. The van der Waals surface area contributed by atoms with Crippen LogP contribution < -0.4 is 5.32 Å². The average Bonchev–Trinajstić information content (AvgIpc) is 2.91. The molecule has 1 heterocycles. The number of rotatable bonds is 6. The Bertz CT molecular complexity index is 526. The van der Waals surface area contributed by atoms with Crippen LogP contribution in [0.25, 0.3) is 0 Å². The number of nitrogens with zero attached hydrogens (tertiary/aromatic N) is 1. The van der Waals surface area contributed by atoms with E-state index in [1.807, 2.05) is 0 Å². The highest BCUT2D eigenvalue weighted by atomic mass is 19.3. The summed E-state index contributed by atoms with van der Waals surface area (Å²) in [4.78, 5) is 13.7. The Morgan fingerprint density at radius 3 is 2.91 bits per heavy atom. The number of carbonyl (C=O) groups excluding carboxylic acids is 1. The first-order chi connectivity index (χ1) is 10.5. The lowest BCUT2D eigenvalue weighted by Gasteiger charge is -2.24. The summed E-state index contributed by atoms with van der Waals surface area (Å²) in [5.41, 5.74) is 0.289. The third-order valence-electron chi connectivity index (χ3n) is 3.85. The van der Waals surface area contributed by atoms with E-state index in [0.717, 1.165) is 18.9 Å². The van der Waals surface area contributed by atoms with Crippen LogP contribution in [-0.4, -0.2) is 48.0 Å². The van der Waals surface area contributed by atoms with Gasteiger partial charge in [-0.2, -0.15) is 0 Å². The van der Waals surface area contributed by atoms with Gasteiger partial charge in [0.1, 0.15) is 5.82 Å². The van der Waals surface area contributed by atoms with Gasteiger partial charge >= 0.3 is 0 Å². The standard InChI is InChI=1S/C15H19F3N2O2/c16-13-4-3-10(6-11(13)9-21)15(22)19-7-12-2-1-5-20(12)8-14(17)18/h3-4,6,12,14,21H,1-2,5,7-9H2,(H,19,22). The Hall–Kier alpha value is -1.60. The molecule has 7 heteroatoms. The second-order valence-electron chi connectivity index (χ2n) is 5.36. The molecule has 2 N–H and O–H groups in total. The van der Waals surface area contributed by atoms with Gasteiger partial charge in [0.05, 0.1) is 13.2 Å². The van der Waals surface area contributed by atoms with Crippen LogP contribution in [0.15, 0.2) is 18.2 Å². The topological polar surface area (TPSA) is 52.6 Å². The fraction of sp³-hybridized carbons (Fsp3) is 0.533. The van der Waals surface area contributed by atoms with Crippen molar-refractivity contribution in [2.45, 2.75) is 31.9 Å². The van der Waals surface area contributed by atoms with Gasteiger partial charge in [0.15, 0.2) is 0 Å². The molecule has 0 aliphatic carbocycles. The molecular weight excluding hydrogens is 297 g/mol. The van der Waals surface area contributed by atoms with E-state index in [1.54, 1.807) is 4.90 Å². The summed E-state index contributed by atoms with van der Waals surface area (Å²) in [5, 5.41) is 11.7. The Labute approximate surface area is 126 Å². The molecule has 22 heavy (non-hydrogen) atoms. The SMILES string of the molecule is O=C(NCC1CCCN1CC(F)F)c1ccc(F)c(CO)c1. The molecule has 4 nitrogen and oxygen atoms in total. The maximum atomic E-state index is 13.3. The third kappa shape index (κ3) is 4.20. The number of aliphatic hydroxyl groups is 1. The largest absolute Gasteiger partial charge is 0.392 e. The molecule has 1 aromatic rings. The lowest BCUT2D eigenvalue weighted by atomic mass is 10.1. The molecule has 122 valence electrons. The molecule has 1 amide bonds. The Morgan fingerprint density at radius 2 is 2.23 bits per heavy atom. The van der Waals surface area contributed by atoms with Crippen LogP contribution in [-0.2, 0) is 6.61 Å². The average molecular weight is 316 g/mol. The fourth-order valence-electron chi connectivity index (χ4n) is 2.69. The van der Waals surface area contributed by atoms with E-state index in [0.29, 0.717) is 6.54 Å². The van der Waals surface area contributed by atoms with Crippen molar-refractivity contribution in [2.75, 3.05) is 19.6 Å². The molecule has 0 spiro atoms. The second-order valence-corrected chi connectivity index (χ2v) is 5.36. The lowest BCUT2D eigenvalue weighted by molar-refractivity contribution is 0.0792. The molecule has 1 atom stereocenters. The van der Waals surface area contributed by atoms with Crippen LogP contribution in [0.1, 0.15) is 28.8 Å². The van der Waals surface area contributed by atoms with E-state index >= 15 is 0 Å². The van der Waals surface area contributed by atoms with Crippen molar-refractivity contribution in [3.8, 4) is 0 Å². The maximum Gasteiger partial charge on any atom is 0.251 e. The first-order valence-electron chi connectivity index (χ1n) is 7.21. The smallest absolute Gasteiger partial charge is 0.251 e. The molecule has 0 saturated carbocycles. The van der Waals surface area contributed by atoms with Crippen molar-refractivity contribution in [3.05, 3.63) is 35.1 Å². The van der Waals surface area contributed by atoms with Gasteiger partial charge in [0, 0.05) is 23.7 Å². The normalized spacial score (nSPS) is 18.9. The lowest BCUT2D eigenvalue weighted by Crippen LogP contribution is -2.42. The van der Waals surface area contributed by atoms with E-state index in [2.05, 4.69) is 5.32 Å². The van der Waals surface area contributed by atoms with Crippen molar-refractivity contribution in [1.82, 2.24) is 10.2 Å². The van der Waals surface area contributed by atoms with Gasteiger partial charge in [-0.1, -0.05) is 0 Å². The number of halogens is 3. The Balaban J connectivity index is 1.92. The molecule has 0 aromatic heterocycles. The summed E-state index contributed by atoms with van der Waals surface area (Å²) in [5.74, 6) is -0.975. The first kappa shape index (κ1) is 16.8. The van der Waals surface area contributed by atoms with Gasteiger partial charge in [-0.05, 0) is 37.6 Å². The van der Waals surface area contributed by atoms with Crippen LogP contribution in [0.2, 0.25) is 0 Å². The number of benzene rings is 1. The van der Waals surface area contributed by atoms with E-state index in [4.69, 9.17) is 5.11 Å². The van der Waals surface area contributed by atoms with Crippen molar-refractivity contribution in [3.63, 3.8) is 0 Å². The number of aliphatic hydroxyl groups excluding tert-OH is 1. The van der Waals surface area contributed by atoms with E-state index in [9.17, 15) is 18.0 Å². The van der Waals surface area contributed by atoms with Crippen molar-refractivity contribution in [2.24, 2.45) is 0 Å². The van der Waals surface area contributed by atoms with Crippen molar-refractivity contribution < 1.29 is 23.1 Å². The number of nitrogens with one attached hydrogen (secondary N) is 1. The highest BCUT2D eigenvalue weighted by Crippen LogP contribution is 2.18. The minimum absolute atomic E-state index is 0.0489. The quantitative estimate of drug-likeness (QED) is 0.841. The van der Waals surface area contributed by atoms with Gasteiger partial charge in [0.25, 0.3) is 12.3 Å². The molecular formula is C15H19F3N2O2. The zero-order valence-corrected chi connectivity index (χ0v) is 12.1. The Morgan fingerprint density at radius 1 is 1.45 bits per heavy atom. The molecule has 1 aliphatic heterocycles. The summed E-state index contributed by atoms with van der Waals surface area (Å²) >= 11 is 0. The number of hydrogen-bond acceptors (Lipinski definition) is 3. The zero-order valence-electron chi connectivity index (χ0n) is 12.1. The molecule has 1 saturated heterocycles. The van der Waals surface area contributed by atoms with Gasteiger partial charge in [-0.15, -0.1) is 0 Å². The molecule has 2 rings (SSSR count). The van der Waals surface area contributed by atoms with Crippen LogP contribution in [0.4, 0.5) is 13.2 Å². The summed E-state index contributed by atoms with van der Waals surface area (Å²) in [6.45, 7) is 0.108. The number of amides is 1. The summed E-state index contributed by atoms with van der Waals surface area (Å²) in [6, 6.07) is 3.64. The summed E-state index contributed by atoms with van der Waals surface area (Å²) in [6.07, 6.45) is -0.794. The van der Waals surface area contributed by atoms with Crippen LogP contribution >= 0.6 is 0 Å². The predicted molar refractivity (Wildman–Crippen MR) is 75.3 cm³/mol. The molecule has 1 aromatic carbocycles. The third-order valence-corrected chi connectivity index (χ3v) is 3.85. The van der Waals surface area contributed by atoms with Gasteiger partial charge in [0.2, 0.25) is 0 Å². The first-order valence-corrected chi connectivity index (χ1v) is 7.21. The minimum Gasteiger partial charge on any atom is -0.392 e. The van der Waals surface area contributed by atoms with Gasteiger partial charge in [-0.25, -0.2) is 13.2 Å². The minimum atomic E-state index is -2.39. The monoisotopic (exact) mass is 316 g/mol. The van der Waals surface area contributed by atoms with Crippen LogP contribution in [0.3, 0.4) is 0 Å². The summed E-state index contributed by atoms with van der Waals surface area (Å²) < 4.78 is 38.2. The van der Waals surface area contributed by atoms with E-state index in [1.165, 1.54) is 12.1 Å². The fourth-order valence-corrected chi connectivity index (χ4v) is 2.69. The number of likely N-dealkylation sites (tertiary alicyclic amines) is 1. The van der Waals surface area contributed by atoms with E-state index < -0.39 is 24.8 Å². The predicted octanol–water partition coefficient (Wildman–Crippen LogP) is 1.78. The second kappa shape index (κ2) is 7.60. The van der Waals surface area contributed by atoms with Crippen molar-refractivity contribution in [1.29, 1.82) is 0 Å². The number of carbonyl (C=O) groups is 1.